The summed E-state index contributed by atoms with van der Waals surface area (Å²) in [6, 6.07) is 6.26. The minimum Gasteiger partial charge on any atom is -0.330 e. The van der Waals surface area contributed by atoms with Crippen molar-refractivity contribution in [3.05, 3.63) is 35.9 Å². The molecule has 6 heteroatoms. The lowest BCUT2D eigenvalue weighted by atomic mass is 10.3. The van der Waals surface area contributed by atoms with E-state index in [0.29, 0.717) is 18.8 Å². The maximum atomic E-state index is 13.3. The van der Waals surface area contributed by atoms with E-state index in [2.05, 4.69) is 15.4 Å². The van der Waals surface area contributed by atoms with E-state index in [1.54, 1.807) is 18.2 Å². The van der Waals surface area contributed by atoms with Crippen LogP contribution in [0.5, 0.6) is 0 Å². The van der Waals surface area contributed by atoms with Crippen molar-refractivity contribution in [2.75, 3.05) is 6.54 Å². The van der Waals surface area contributed by atoms with Crippen LogP contribution < -0.4 is 5.73 Å². The van der Waals surface area contributed by atoms with E-state index in [1.807, 2.05) is 0 Å². The van der Waals surface area contributed by atoms with E-state index in [-0.39, 0.29) is 11.5 Å². The Morgan fingerprint density at radius 3 is 2.87 bits per heavy atom. The van der Waals surface area contributed by atoms with E-state index in [1.165, 1.54) is 10.9 Å². The molecular weight excluding hydrogens is 197 g/mol. The molecule has 0 spiro atoms. The lowest BCUT2D eigenvalue weighted by molar-refractivity contribution is 0.591. The SMILES string of the molecule is NCCc1nnn(-c2ccccc2F)n1. The van der Waals surface area contributed by atoms with Gasteiger partial charge in [-0.3, -0.25) is 0 Å². The highest BCUT2D eigenvalue weighted by Crippen LogP contribution is 2.09. The smallest absolute Gasteiger partial charge is 0.176 e. The van der Waals surface area contributed by atoms with E-state index in [4.69, 9.17) is 5.73 Å². The van der Waals surface area contributed by atoms with Gasteiger partial charge in [-0.05, 0) is 23.9 Å². The summed E-state index contributed by atoms with van der Waals surface area (Å²) in [5, 5.41) is 11.5. The number of nitrogens with two attached hydrogens (primary N) is 1. The molecule has 0 amide bonds. The topological polar surface area (TPSA) is 69.6 Å². The summed E-state index contributed by atoms with van der Waals surface area (Å²) in [5.41, 5.74) is 5.63. The number of hydrogen-bond acceptors (Lipinski definition) is 4. The van der Waals surface area contributed by atoms with Crippen LogP contribution >= 0.6 is 0 Å². The molecule has 0 saturated heterocycles. The quantitative estimate of drug-likeness (QED) is 0.786. The Bertz CT molecular complexity index is 453. The summed E-state index contributed by atoms with van der Waals surface area (Å²) in [6.07, 6.45) is 0.536. The van der Waals surface area contributed by atoms with Crippen molar-refractivity contribution in [1.82, 2.24) is 20.2 Å². The monoisotopic (exact) mass is 207 g/mol. The summed E-state index contributed by atoms with van der Waals surface area (Å²) in [4.78, 5) is 1.17. The second-order valence-electron chi connectivity index (χ2n) is 2.99. The Kier molecular flexibility index (Phi) is 2.68. The van der Waals surface area contributed by atoms with Gasteiger partial charge in [0.2, 0.25) is 0 Å². The lowest BCUT2D eigenvalue weighted by Gasteiger charge is -1.98. The predicted molar refractivity (Wildman–Crippen MR) is 51.9 cm³/mol. The highest BCUT2D eigenvalue weighted by molar-refractivity contribution is 5.30. The number of rotatable bonds is 3. The summed E-state index contributed by atoms with van der Waals surface area (Å²) in [5.74, 6) is 0.134. The lowest BCUT2D eigenvalue weighted by Crippen LogP contribution is -2.05. The zero-order valence-electron chi connectivity index (χ0n) is 7.97. The first-order valence-corrected chi connectivity index (χ1v) is 4.55. The van der Waals surface area contributed by atoms with E-state index >= 15 is 0 Å². The van der Waals surface area contributed by atoms with E-state index in [0.717, 1.165) is 0 Å². The molecule has 5 nitrogen and oxygen atoms in total. The van der Waals surface area contributed by atoms with Crippen LogP contribution in [0, 0.1) is 5.82 Å². The molecule has 0 unspecified atom stereocenters. The molecule has 0 atom stereocenters. The molecule has 15 heavy (non-hydrogen) atoms. The first-order chi connectivity index (χ1) is 7.31. The van der Waals surface area contributed by atoms with Gasteiger partial charge in [0.25, 0.3) is 0 Å². The van der Waals surface area contributed by atoms with Gasteiger partial charge in [-0.25, -0.2) is 4.39 Å². The number of nitrogens with zero attached hydrogens (tertiary/aromatic N) is 4. The van der Waals surface area contributed by atoms with Crippen LogP contribution in [0.2, 0.25) is 0 Å². The average molecular weight is 207 g/mol. The molecule has 0 saturated carbocycles. The summed E-state index contributed by atoms with van der Waals surface area (Å²) in [7, 11) is 0. The molecule has 2 rings (SSSR count). The van der Waals surface area contributed by atoms with Crippen LogP contribution in [-0.2, 0) is 6.42 Å². The summed E-state index contributed by atoms with van der Waals surface area (Å²) < 4.78 is 13.3. The molecule has 0 bridgehead atoms. The van der Waals surface area contributed by atoms with Gasteiger partial charge in [-0.2, -0.15) is 0 Å². The largest absolute Gasteiger partial charge is 0.330 e. The second kappa shape index (κ2) is 4.14. The van der Waals surface area contributed by atoms with Gasteiger partial charge in [0, 0.05) is 6.42 Å². The van der Waals surface area contributed by atoms with Crippen molar-refractivity contribution < 1.29 is 4.39 Å². The van der Waals surface area contributed by atoms with Crippen molar-refractivity contribution in [1.29, 1.82) is 0 Å². The molecule has 1 aromatic carbocycles. The Labute approximate surface area is 85.7 Å². The molecular formula is C9H10FN5. The molecule has 0 aliphatic carbocycles. The fourth-order valence-electron chi connectivity index (χ4n) is 1.19. The maximum Gasteiger partial charge on any atom is 0.176 e. The standard InChI is InChI=1S/C9H10FN5/c10-7-3-1-2-4-8(7)15-13-9(5-6-11)12-14-15/h1-4H,5-6,11H2. The minimum atomic E-state index is -0.380. The zero-order valence-corrected chi connectivity index (χ0v) is 7.97. The third-order valence-corrected chi connectivity index (χ3v) is 1.89. The molecule has 0 aliphatic rings. The number of hydrogen-bond donors (Lipinski definition) is 1. The van der Waals surface area contributed by atoms with E-state index < -0.39 is 0 Å². The highest BCUT2D eigenvalue weighted by atomic mass is 19.1. The number of halogens is 1. The van der Waals surface area contributed by atoms with Gasteiger partial charge >= 0.3 is 0 Å². The van der Waals surface area contributed by atoms with Gasteiger partial charge in [0.1, 0.15) is 5.69 Å². The molecule has 0 fully saturated rings. The van der Waals surface area contributed by atoms with Crippen LogP contribution in [-0.4, -0.2) is 26.8 Å². The fraction of sp³-hybridized carbons (Fsp3) is 0.222. The first-order valence-electron chi connectivity index (χ1n) is 4.55. The van der Waals surface area contributed by atoms with Gasteiger partial charge in [0.05, 0.1) is 0 Å². The first kappa shape index (κ1) is 9.72. The van der Waals surface area contributed by atoms with Crippen molar-refractivity contribution in [2.45, 2.75) is 6.42 Å². The van der Waals surface area contributed by atoms with Gasteiger partial charge in [-0.1, -0.05) is 12.1 Å². The van der Waals surface area contributed by atoms with Crippen molar-refractivity contribution in [2.24, 2.45) is 5.73 Å². The van der Waals surface area contributed by atoms with Gasteiger partial charge in [-0.15, -0.1) is 15.0 Å². The molecule has 0 aliphatic heterocycles. The van der Waals surface area contributed by atoms with Crippen LogP contribution in [0.25, 0.3) is 5.69 Å². The number of benzene rings is 1. The van der Waals surface area contributed by atoms with E-state index in [9.17, 15) is 4.39 Å². The maximum absolute atomic E-state index is 13.3. The molecule has 2 aromatic rings. The van der Waals surface area contributed by atoms with Crippen molar-refractivity contribution in [3.63, 3.8) is 0 Å². The van der Waals surface area contributed by atoms with Crippen molar-refractivity contribution >= 4 is 0 Å². The minimum absolute atomic E-state index is 0.285. The fourth-order valence-corrected chi connectivity index (χ4v) is 1.19. The summed E-state index contributed by atoms with van der Waals surface area (Å²) >= 11 is 0. The third-order valence-electron chi connectivity index (χ3n) is 1.89. The van der Waals surface area contributed by atoms with Gasteiger partial charge < -0.3 is 5.73 Å². The second-order valence-corrected chi connectivity index (χ2v) is 2.99. The predicted octanol–water partition coefficient (Wildman–Crippen LogP) is 0.303. The van der Waals surface area contributed by atoms with Crippen LogP contribution in [0.15, 0.2) is 24.3 Å². The van der Waals surface area contributed by atoms with Crippen LogP contribution in [0.1, 0.15) is 5.82 Å². The third kappa shape index (κ3) is 1.99. The molecule has 2 N–H and O–H groups in total. The van der Waals surface area contributed by atoms with Gasteiger partial charge in [0.15, 0.2) is 11.6 Å². The Morgan fingerprint density at radius 2 is 2.13 bits per heavy atom. The number of tetrazole rings is 1. The molecule has 78 valence electrons. The Hall–Kier alpha value is -1.82. The van der Waals surface area contributed by atoms with Crippen LogP contribution in [0.3, 0.4) is 0 Å². The highest BCUT2D eigenvalue weighted by Gasteiger charge is 2.07. The Morgan fingerprint density at radius 1 is 1.33 bits per heavy atom. The average Bonchev–Trinajstić information content (AvgIpc) is 2.68. The molecule has 1 aromatic heterocycles. The molecule has 1 heterocycles. The molecule has 0 radical (unpaired) electrons. The summed E-state index contributed by atoms with van der Waals surface area (Å²) in [6.45, 7) is 0.447. The number of aromatic nitrogens is 4. The Balaban J connectivity index is 2.33. The normalized spacial score (nSPS) is 10.5. The van der Waals surface area contributed by atoms with Crippen LogP contribution in [0.4, 0.5) is 4.39 Å². The number of para-hydroxylation sites is 1. The zero-order chi connectivity index (χ0) is 10.7. The van der Waals surface area contributed by atoms with Crippen molar-refractivity contribution in [3.8, 4) is 5.69 Å².